The minimum absolute atomic E-state index is 0.134. The predicted octanol–water partition coefficient (Wildman–Crippen LogP) is 3.72. The summed E-state index contributed by atoms with van der Waals surface area (Å²) in [5.74, 6) is 0.632. The van der Waals surface area contributed by atoms with Gasteiger partial charge in [0.2, 0.25) is 11.7 Å². The van der Waals surface area contributed by atoms with E-state index in [1.807, 2.05) is 0 Å². The molecule has 0 saturated carbocycles. The van der Waals surface area contributed by atoms with E-state index in [2.05, 4.69) is 15.5 Å². The van der Waals surface area contributed by atoms with Crippen LogP contribution in [0.2, 0.25) is 5.02 Å². The van der Waals surface area contributed by atoms with E-state index >= 15 is 0 Å². The summed E-state index contributed by atoms with van der Waals surface area (Å²) < 4.78 is 20.7. The van der Waals surface area contributed by atoms with E-state index in [0.29, 0.717) is 33.9 Å². The fourth-order valence-corrected chi connectivity index (χ4v) is 2.72. The van der Waals surface area contributed by atoms with Gasteiger partial charge in [0, 0.05) is 18.0 Å². The van der Waals surface area contributed by atoms with Crippen molar-refractivity contribution in [1.29, 1.82) is 0 Å². The molecule has 0 bridgehead atoms. The molecular formula is C21H20ClN3O6. The largest absolute Gasteiger partial charge is 0.495 e. The van der Waals surface area contributed by atoms with Crippen LogP contribution in [0.25, 0.3) is 0 Å². The number of carbonyl (C=O) groups is 2. The lowest BCUT2D eigenvalue weighted by molar-refractivity contribution is -0.119. The molecule has 3 aromatic rings. The monoisotopic (exact) mass is 445 g/mol. The summed E-state index contributed by atoms with van der Waals surface area (Å²) in [6.07, 6.45) is 0. The molecular weight excluding hydrogens is 426 g/mol. The third-order valence-electron chi connectivity index (χ3n) is 4.12. The number of ether oxygens (including phenoxy) is 3. The molecule has 2 aromatic carbocycles. The van der Waals surface area contributed by atoms with E-state index in [0.717, 1.165) is 5.56 Å². The lowest BCUT2D eigenvalue weighted by Crippen LogP contribution is -2.21. The summed E-state index contributed by atoms with van der Waals surface area (Å²) in [4.78, 5) is 28.4. The molecule has 0 fully saturated rings. The highest BCUT2D eigenvalue weighted by Crippen LogP contribution is 2.30. The molecule has 1 N–H and O–H groups in total. The SMILES string of the molecule is COc1cc(Cl)c(C)cc1NC(=O)COC(=O)c1ccc(OCc2noc(C)n2)cc1. The van der Waals surface area contributed by atoms with Crippen LogP contribution in [0, 0.1) is 13.8 Å². The van der Waals surface area contributed by atoms with Gasteiger partial charge in [-0.2, -0.15) is 4.98 Å². The number of aromatic nitrogens is 2. The summed E-state index contributed by atoms with van der Waals surface area (Å²) in [7, 11) is 1.47. The summed E-state index contributed by atoms with van der Waals surface area (Å²) >= 11 is 6.05. The Morgan fingerprint density at radius 3 is 2.55 bits per heavy atom. The van der Waals surface area contributed by atoms with Crippen LogP contribution < -0.4 is 14.8 Å². The van der Waals surface area contributed by atoms with E-state index in [1.54, 1.807) is 38.1 Å². The fourth-order valence-electron chi connectivity index (χ4n) is 2.57. The van der Waals surface area contributed by atoms with Crippen LogP contribution in [0.4, 0.5) is 5.69 Å². The number of esters is 1. The zero-order valence-electron chi connectivity index (χ0n) is 17.1. The van der Waals surface area contributed by atoms with Gasteiger partial charge in [-0.1, -0.05) is 16.8 Å². The number of hydrogen-bond acceptors (Lipinski definition) is 8. The van der Waals surface area contributed by atoms with Gasteiger partial charge in [-0.25, -0.2) is 4.79 Å². The lowest BCUT2D eigenvalue weighted by Gasteiger charge is -2.12. The number of nitrogens with one attached hydrogen (secondary N) is 1. The lowest BCUT2D eigenvalue weighted by atomic mass is 10.2. The first-order chi connectivity index (χ1) is 14.9. The van der Waals surface area contributed by atoms with Gasteiger partial charge in [-0.3, -0.25) is 4.79 Å². The number of amides is 1. The Kier molecular flexibility index (Phi) is 7.09. The highest BCUT2D eigenvalue weighted by molar-refractivity contribution is 6.31. The van der Waals surface area contributed by atoms with E-state index in [1.165, 1.54) is 19.2 Å². The Labute approximate surface area is 183 Å². The van der Waals surface area contributed by atoms with Gasteiger partial charge in [0.15, 0.2) is 13.2 Å². The average Bonchev–Trinajstić information content (AvgIpc) is 3.18. The molecule has 0 aliphatic rings. The first-order valence-electron chi connectivity index (χ1n) is 9.19. The number of halogens is 1. The van der Waals surface area contributed by atoms with Crippen LogP contribution in [-0.4, -0.2) is 35.7 Å². The van der Waals surface area contributed by atoms with Crippen molar-refractivity contribution in [3.05, 3.63) is 64.3 Å². The Hall–Kier alpha value is -3.59. The fraction of sp³-hybridized carbons (Fsp3) is 0.238. The number of methoxy groups -OCH3 is 1. The number of carbonyl (C=O) groups excluding carboxylic acids is 2. The standard InChI is InChI=1S/C21H20ClN3O6/c1-12-8-17(18(28-3)9-16(12)22)24-20(26)11-30-21(27)14-4-6-15(7-5-14)29-10-19-23-13(2)31-25-19/h4-9H,10-11H2,1-3H3,(H,24,26). The average molecular weight is 446 g/mol. The molecule has 3 rings (SSSR count). The van der Waals surface area contributed by atoms with Gasteiger partial charge in [0.05, 0.1) is 18.4 Å². The quantitative estimate of drug-likeness (QED) is 0.522. The van der Waals surface area contributed by atoms with Gasteiger partial charge in [-0.05, 0) is 42.8 Å². The smallest absolute Gasteiger partial charge is 0.338 e. The summed E-state index contributed by atoms with van der Waals surface area (Å²) in [6.45, 7) is 3.16. The Morgan fingerprint density at radius 2 is 1.90 bits per heavy atom. The number of nitrogens with zero attached hydrogens (tertiary/aromatic N) is 2. The number of benzene rings is 2. The predicted molar refractivity (Wildman–Crippen MR) is 111 cm³/mol. The van der Waals surface area contributed by atoms with Crippen molar-refractivity contribution in [1.82, 2.24) is 10.1 Å². The second kappa shape index (κ2) is 9.94. The molecule has 1 aromatic heterocycles. The van der Waals surface area contributed by atoms with Crippen molar-refractivity contribution < 1.29 is 28.3 Å². The molecule has 1 heterocycles. The Bertz CT molecular complexity index is 1080. The maximum absolute atomic E-state index is 12.2. The van der Waals surface area contributed by atoms with Crippen molar-refractivity contribution in [3.8, 4) is 11.5 Å². The zero-order chi connectivity index (χ0) is 22.4. The van der Waals surface area contributed by atoms with Gasteiger partial charge >= 0.3 is 5.97 Å². The Morgan fingerprint density at radius 1 is 1.16 bits per heavy atom. The van der Waals surface area contributed by atoms with Crippen LogP contribution in [0.3, 0.4) is 0 Å². The van der Waals surface area contributed by atoms with Crippen molar-refractivity contribution >= 4 is 29.2 Å². The first-order valence-corrected chi connectivity index (χ1v) is 9.56. The molecule has 0 aliphatic heterocycles. The van der Waals surface area contributed by atoms with Crippen molar-refractivity contribution in [2.24, 2.45) is 0 Å². The van der Waals surface area contributed by atoms with Crippen molar-refractivity contribution in [3.63, 3.8) is 0 Å². The minimum atomic E-state index is -0.644. The van der Waals surface area contributed by atoms with Crippen molar-refractivity contribution in [2.75, 3.05) is 19.0 Å². The van der Waals surface area contributed by atoms with Gasteiger partial charge in [-0.15, -0.1) is 0 Å². The maximum atomic E-state index is 12.2. The third kappa shape index (κ3) is 5.95. The van der Waals surface area contributed by atoms with E-state index in [4.69, 9.17) is 30.3 Å². The molecule has 10 heteroatoms. The Balaban J connectivity index is 1.51. The molecule has 9 nitrogen and oxygen atoms in total. The van der Waals surface area contributed by atoms with Crippen LogP contribution in [0.5, 0.6) is 11.5 Å². The van der Waals surface area contributed by atoms with E-state index in [-0.39, 0.29) is 12.2 Å². The van der Waals surface area contributed by atoms with Gasteiger partial charge in [0.1, 0.15) is 11.5 Å². The molecule has 0 spiro atoms. The molecule has 162 valence electrons. The van der Waals surface area contributed by atoms with Crippen LogP contribution in [0.15, 0.2) is 40.9 Å². The molecule has 0 unspecified atom stereocenters. The summed E-state index contributed by atoms with van der Waals surface area (Å²) in [5, 5.41) is 6.88. The van der Waals surface area contributed by atoms with Gasteiger partial charge < -0.3 is 24.1 Å². The van der Waals surface area contributed by atoms with Gasteiger partial charge in [0.25, 0.3) is 5.91 Å². The molecule has 0 radical (unpaired) electrons. The third-order valence-corrected chi connectivity index (χ3v) is 4.52. The highest BCUT2D eigenvalue weighted by atomic mass is 35.5. The minimum Gasteiger partial charge on any atom is -0.495 e. The van der Waals surface area contributed by atoms with Crippen LogP contribution in [-0.2, 0) is 16.1 Å². The summed E-state index contributed by atoms with van der Waals surface area (Å²) in [6, 6.07) is 9.54. The normalized spacial score (nSPS) is 10.5. The highest BCUT2D eigenvalue weighted by Gasteiger charge is 2.14. The number of rotatable bonds is 8. The molecule has 0 saturated heterocycles. The molecule has 0 atom stereocenters. The first kappa shape index (κ1) is 22.1. The second-order valence-corrected chi connectivity index (χ2v) is 6.88. The second-order valence-electron chi connectivity index (χ2n) is 6.47. The maximum Gasteiger partial charge on any atom is 0.338 e. The molecule has 0 aliphatic carbocycles. The number of aryl methyl sites for hydroxylation is 2. The van der Waals surface area contributed by atoms with E-state index in [9.17, 15) is 9.59 Å². The zero-order valence-corrected chi connectivity index (χ0v) is 17.9. The van der Waals surface area contributed by atoms with Crippen LogP contribution >= 0.6 is 11.6 Å². The number of anilines is 1. The van der Waals surface area contributed by atoms with Crippen molar-refractivity contribution in [2.45, 2.75) is 20.5 Å². The molecule has 1 amide bonds. The molecule has 31 heavy (non-hydrogen) atoms. The summed E-state index contributed by atoms with van der Waals surface area (Å²) in [5.41, 5.74) is 1.48. The van der Waals surface area contributed by atoms with E-state index < -0.39 is 18.5 Å². The number of hydrogen-bond donors (Lipinski definition) is 1. The van der Waals surface area contributed by atoms with Crippen LogP contribution in [0.1, 0.15) is 27.6 Å². The topological polar surface area (TPSA) is 113 Å².